The highest BCUT2D eigenvalue weighted by Crippen LogP contribution is 2.41. The molecule has 1 amide bonds. The van der Waals surface area contributed by atoms with Crippen molar-refractivity contribution in [3.8, 4) is 0 Å². The summed E-state index contributed by atoms with van der Waals surface area (Å²) >= 11 is 0. The number of hydrogen-bond acceptors (Lipinski definition) is 3. The first-order valence-electron chi connectivity index (χ1n) is 8.98. The molecule has 24 heavy (non-hydrogen) atoms. The average molecular weight is 323 g/mol. The van der Waals surface area contributed by atoms with E-state index in [-0.39, 0.29) is 5.91 Å². The highest BCUT2D eigenvalue weighted by Gasteiger charge is 2.30. The summed E-state index contributed by atoms with van der Waals surface area (Å²) in [5.74, 6) is 1.12. The minimum Gasteiger partial charge on any atom is -0.338 e. The van der Waals surface area contributed by atoms with Crippen molar-refractivity contribution in [2.24, 2.45) is 11.7 Å². The maximum Gasteiger partial charge on any atom is 0.254 e. The molecule has 2 fully saturated rings. The highest BCUT2D eigenvalue weighted by atomic mass is 16.2. The van der Waals surface area contributed by atoms with Crippen LogP contribution in [0.2, 0.25) is 0 Å². The molecule has 1 atom stereocenters. The summed E-state index contributed by atoms with van der Waals surface area (Å²) in [6, 6.07) is 6.31. The molecule has 4 nitrogen and oxygen atoms in total. The van der Waals surface area contributed by atoms with Crippen LogP contribution in [-0.4, -0.2) is 35.4 Å². The summed E-state index contributed by atoms with van der Waals surface area (Å²) in [5, 5.41) is 0.998. The fourth-order valence-corrected chi connectivity index (χ4v) is 3.85. The number of likely N-dealkylation sites (tertiary alicyclic amines) is 1. The Bertz CT molecular complexity index is 810. The van der Waals surface area contributed by atoms with Crippen molar-refractivity contribution >= 4 is 16.8 Å². The number of pyridine rings is 1. The smallest absolute Gasteiger partial charge is 0.254 e. The Hall–Kier alpha value is -1.94. The van der Waals surface area contributed by atoms with Crippen LogP contribution < -0.4 is 5.73 Å². The maximum atomic E-state index is 13.2. The number of aryl methyl sites for hydroxylation is 2. The zero-order chi connectivity index (χ0) is 16.8. The molecule has 1 unspecified atom stereocenters. The van der Waals surface area contributed by atoms with Crippen LogP contribution in [0.5, 0.6) is 0 Å². The van der Waals surface area contributed by atoms with E-state index in [1.807, 2.05) is 4.90 Å². The molecule has 1 aromatic carbocycles. The van der Waals surface area contributed by atoms with Crippen molar-refractivity contribution in [2.45, 2.75) is 39.0 Å². The van der Waals surface area contributed by atoms with Gasteiger partial charge in [-0.25, -0.2) is 0 Å². The second-order valence-electron chi connectivity index (χ2n) is 7.49. The number of fused-ring (bicyclic) bond motifs is 1. The average Bonchev–Trinajstić information content (AvgIpc) is 3.30. The molecule has 1 saturated carbocycles. The lowest BCUT2D eigenvalue weighted by atomic mass is 10.00. The van der Waals surface area contributed by atoms with Gasteiger partial charge >= 0.3 is 0 Å². The van der Waals surface area contributed by atoms with Gasteiger partial charge < -0.3 is 10.6 Å². The second kappa shape index (κ2) is 5.85. The molecule has 4 rings (SSSR count). The number of benzene rings is 1. The van der Waals surface area contributed by atoms with Gasteiger partial charge in [-0.15, -0.1) is 0 Å². The third kappa shape index (κ3) is 2.69. The molecule has 2 aliphatic rings. The van der Waals surface area contributed by atoms with Crippen molar-refractivity contribution < 1.29 is 4.79 Å². The van der Waals surface area contributed by atoms with Gasteiger partial charge in [0.15, 0.2) is 0 Å². The molecule has 0 spiro atoms. The normalized spacial score (nSPS) is 20.8. The number of carbonyl (C=O) groups is 1. The number of nitrogens with zero attached hydrogens (tertiary/aromatic N) is 2. The molecule has 1 aliphatic carbocycles. The summed E-state index contributed by atoms with van der Waals surface area (Å²) in [6.07, 6.45) is 3.39. The van der Waals surface area contributed by atoms with E-state index in [9.17, 15) is 4.79 Å². The lowest BCUT2D eigenvalue weighted by Crippen LogP contribution is -2.30. The number of rotatable bonds is 3. The predicted octanol–water partition coefficient (Wildman–Crippen LogP) is 3.15. The minimum atomic E-state index is 0.144. The van der Waals surface area contributed by atoms with Crippen molar-refractivity contribution in [3.63, 3.8) is 0 Å². The van der Waals surface area contributed by atoms with E-state index < -0.39 is 0 Å². The third-order valence-electron chi connectivity index (χ3n) is 5.40. The van der Waals surface area contributed by atoms with Crippen LogP contribution in [0.15, 0.2) is 18.2 Å². The lowest BCUT2D eigenvalue weighted by molar-refractivity contribution is 0.0789. The van der Waals surface area contributed by atoms with Gasteiger partial charge in [0.1, 0.15) is 0 Å². The van der Waals surface area contributed by atoms with Crippen LogP contribution in [0.4, 0.5) is 0 Å². The predicted molar refractivity (Wildman–Crippen MR) is 96.3 cm³/mol. The summed E-state index contributed by atoms with van der Waals surface area (Å²) in [5.41, 5.74) is 11.0. The zero-order valence-corrected chi connectivity index (χ0v) is 14.5. The Balaban J connectivity index is 1.82. The molecular weight excluding hydrogens is 298 g/mol. The van der Waals surface area contributed by atoms with Crippen LogP contribution in [-0.2, 0) is 0 Å². The number of carbonyl (C=O) groups excluding carboxylic acids is 1. The molecule has 1 saturated heterocycles. The topological polar surface area (TPSA) is 59.2 Å². The Morgan fingerprint density at radius 3 is 2.71 bits per heavy atom. The van der Waals surface area contributed by atoms with E-state index in [0.29, 0.717) is 18.4 Å². The van der Waals surface area contributed by atoms with Crippen molar-refractivity contribution in [1.82, 2.24) is 9.88 Å². The van der Waals surface area contributed by atoms with Crippen molar-refractivity contribution in [1.29, 1.82) is 0 Å². The number of hydrogen-bond donors (Lipinski definition) is 1. The molecule has 0 radical (unpaired) electrons. The Morgan fingerprint density at radius 1 is 1.25 bits per heavy atom. The van der Waals surface area contributed by atoms with Gasteiger partial charge in [0.2, 0.25) is 0 Å². The molecule has 1 aromatic heterocycles. The number of aromatic nitrogens is 1. The maximum absolute atomic E-state index is 13.2. The standard InChI is InChI=1S/C20H25N3O/c1-12-7-13(2)19-16(8-12)17(9-18(22-19)15-3-4-15)20(24)23-6-5-14(10-21)11-23/h7-9,14-15H,3-6,10-11,21H2,1-2H3. The summed E-state index contributed by atoms with van der Waals surface area (Å²) in [4.78, 5) is 20.1. The third-order valence-corrected chi connectivity index (χ3v) is 5.40. The molecule has 2 N–H and O–H groups in total. The van der Waals surface area contributed by atoms with Gasteiger partial charge in [0.25, 0.3) is 5.91 Å². The van der Waals surface area contributed by atoms with Crippen molar-refractivity contribution in [3.05, 3.63) is 40.6 Å². The molecule has 2 heterocycles. The van der Waals surface area contributed by atoms with E-state index >= 15 is 0 Å². The monoisotopic (exact) mass is 323 g/mol. The van der Waals surface area contributed by atoms with E-state index in [4.69, 9.17) is 10.7 Å². The Kier molecular flexibility index (Phi) is 3.80. The minimum absolute atomic E-state index is 0.144. The van der Waals surface area contributed by atoms with E-state index in [2.05, 4.69) is 32.0 Å². The van der Waals surface area contributed by atoms with E-state index in [1.165, 1.54) is 18.4 Å². The molecule has 1 aliphatic heterocycles. The zero-order valence-electron chi connectivity index (χ0n) is 14.5. The number of nitrogens with two attached hydrogens (primary N) is 1. The molecule has 126 valence electrons. The first kappa shape index (κ1) is 15.6. The van der Waals surface area contributed by atoms with Crippen LogP contribution in [0.1, 0.15) is 52.4 Å². The Morgan fingerprint density at radius 2 is 2.04 bits per heavy atom. The highest BCUT2D eigenvalue weighted by molar-refractivity contribution is 6.07. The van der Waals surface area contributed by atoms with E-state index in [0.717, 1.165) is 47.2 Å². The molecule has 0 bridgehead atoms. The molecule has 4 heteroatoms. The largest absolute Gasteiger partial charge is 0.338 e. The van der Waals surface area contributed by atoms with Crippen LogP contribution in [0.25, 0.3) is 10.9 Å². The molecular formula is C20H25N3O. The van der Waals surface area contributed by atoms with Crippen LogP contribution in [0, 0.1) is 19.8 Å². The first-order valence-corrected chi connectivity index (χ1v) is 8.98. The van der Waals surface area contributed by atoms with Gasteiger partial charge in [-0.05, 0) is 63.3 Å². The van der Waals surface area contributed by atoms with Crippen LogP contribution in [0.3, 0.4) is 0 Å². The van der Waals surface area contributed by atoms with Crippen molar-refractivity contribution in [2.75, 3.05) is 19.6 Å². The van der Waals surface area contributed by atoms with Gasteiger partial charge in [0, 0.05) is 30.1 Å². The first-order chi connectivity index (χ1) is 11.6. The SMILES string of the molecule is Cc1cc(C)c2nc(C3CC3)cc(C(=O)N3CCC(CN)C3)c2c1. The van der Waals surface area contributed by atoms with Gasteiger partial charge in [0.05, 0.1) is 11.1 Å². The molecule has 2 aromatic rings. The quantitative estimate of drug-likeness (QED) is 0.944. The van der Waals surface area contributed by atoms with Gasteiger partial charge in [-0.3, -0.25) is 9.78 Å². The van der Waals surface area contributed by atoms with E-state index in [1.54, 1.807) is 0 Å². The van der Waals surface area contributed by atoms with Crippen LogP contribution >= 0.6 is 0 Å². The number of amides is 1. The summed E-state index contributed by atoms with van der Waals surface area (Å²) < 4.78 is 0. The second-order valence-corrected chi connectivity index (χ2v) is 7.49. The van der Waals surface area contributed by atoms with Gasteiger partial charge in [-0.2, -0.15) is 0 Å². The lowest BCUT2D eigenvalue weighted by Gasteiger charge is -2.19. The summed E-state index contributed by atoms with van der Waals surface area (Å²) in [7, 11) is 0. The fraction of sp³-hybridized carbons (Fsp3) is 0.500. The Labute approximate surface area is 143 Å². The summed E-state index contributed by atoms with van der Waals surface area (Å²) in [6.45, 7) is 6.42. The van der Waals surface area contributed by atoms with Gasteiger partial charge in [-0.1, -0.05) is 11.6 Å². The fourth-order valence-electron chi connectivity index (χ4n) is 3.85.